The summed E-state index contributed by atoms with van der Waals surface area (Å²) in [6, 6.07) is 0. The molecule has 25 heavy (non-hydrogen) atoms. The zero-order valence-electron chi connectivity index (χ0n) is 16.0. The number of aliphatic imine (C=N–C) groups is 1. The van der Waals surface area contributed by atoms with Gasteiger partial charge >= 0.3 is 0 Å². The van der Waals surface area contributed by atoms with E-state index in [4.69, 9.17) is 9.73 Å². The van der Waals surface area contributed by atoms with Gasteiger partial charge in [0.05, 0.1) is 12.6 Å². The first-order valence-electron chi connectivity index (χ1n) is 11.2. The molecular formula is C23H35NO. The van der Waals surface area contributed by atoms with Crippen LogP contribution in [-0.4, -0.2) is 18.5 Å². The normalized spacial score (nSPS) is 55.8. The van der Waals surface area contributed by atoms with Crippen LogP contribution >= 0.6 is 0 Å². The highest BCUT2D eigenvalue weighted by Crippen LogP contribution is 2.62. The van der Waals surface area contributed by atoms with Crippen LogP contribution in [0.15, 0.2) is 4.99 Å². The van der Waals surface area contributed by atoms with E-state index in [1.165, 1.54) is 77.0 Å². The fraction of sp³-hybridized carbons (Fsp3) is 0.957. The molecule has 138 valence electrons. The van der Waals surface area contributed by atoms with Gasteiger partial charge in [-0.2, -0.15) is 0 Å². The first-order chi connectivity index (χ1) is 12.1. The molecule has 0 saturated heterocycles. The second kappa shape index (κ2) is 5.26. The highest BCUT2D eigenvalue weighted by molar-refractivity contribution is 5.77. The first kappa shape index (κ1) is 15.5. The average Bonchev–Trinajstić information content (AvgIpc) is 2.51. The summed E-state index contributed by atoms with van der Waals surface area (Å²) in [6.07, 6.45) is 18.8. The van der Waals surface area contributed by atoms with E-state index in [0.29, 0.717) is 5.41 Å². The van der Waals surface area contributed by atoms with Crippen molar-refractivity contribution in [3.8, 4) is 0 Å². The Bertz CT molecular complexity index is 520. The second-order valence-electron chi connectivity index (χ2n) is 11.4. The fourth-order valence-corrected chi connectivity index (χ4v) is 9.45. The molecule has 0 aromatic heterocycles. The molecule has 0 spiro atoms. The SMILES string of the molecule is COC(CC12CC3CC(CC(C3)C1)C2)=NC12CC3CC(CC(C3)C1)C2. The third-order valence-electron chi connectivity index (χ3n) is 9.29. The number of hydrogen-bond donors (Lipinski definition) is 0. The molecule has 8 rings (SSSR count). The van der Waals surface area contributed by atoms with Crippen LogP contribution < -0.4 is 0 Å². The predicted molar refractivity (Wildman–Crippen MR) is 101 cm³/mol. The molecule has 8 fully saturated rings. The van der Waals surface area contributed by atoms with Crippen LogP contribution in [0.25, 0.3) is 0 Å². The standard InChI is InChI=1S/C23H35NO/c1-25-21(14-22-8-15-2-16(9-22)4-17(3-15)10-22)24-23-11-18-5-19(12-23)7-20(6-18)13-23/h15-20H,2-14H2,1H3. The van der Waals surface area contributed by atoms with E-state index >= 15 is 0 Å². The minimum absolute atomic E-state index is 0.280. The molecule has 8 bridgehead atoms. The van der Waals surface area contributed by atoms with Gasteiger partial charge in [-0.1, -0.05) is 0 Å². The van der Waals surface area contributed by atoms with Crippen molar-refractivity contribution in [3.63, 3.8) is 0 Å². The Morgan fingerprint density at radius 2 is 1.12 bits per heavy atom. The van der Waals surface area contributed by atoms with Crippen LogP contribution in [0.3, 0.4) is 0 Å². The molecule has 0 aliphatic heterocycles. The molecule has 0 radical (unpaired) electrons. The van der Waals surface area contributed by atoms with Gasteiger partial charge in [-0.3, -0.25) is 0 Å². The molecule has 0 atom stereocenters. The average molecular weight is 342 g/mol. The van der Waals surface area contributed by atoms with Gasteiger partial charge in [-0.15, -0.1) is 0 Å². The van der Waals surface area contributed by atoms with Crippen LogP contribution in [0, 0.1) is 40.9 Å². The zero-order valence-corrected chi connectivity index (χ0v) is 16.0. The molecule has 8 aliphatic rings. The Hall–Kier alpha value is -0.530. The van der Waals surface area contributed by atoms with E-state index < -0.39 is 0 Å². The molecule has 2 nitrogen and oxygen atoms in total. The topological polar surface area (TPSA) is 21.6 Å². The molecule has 0 heterocycles. The summed E-state index contributed by atoms with van der Waals surface area (Å²) in [5.74, 6) is 7.17. The third kappa shape index (κ3) is 2.52. The molecule has 0 unspecified atom stereocenters. The lowest BCUT2D eigenvalue weighted by Gasteiger charge is -2.57. The van der Waals surface area contributed by atoms with Crippen LogP contribution in [0.1, 0.15) is 83.5 Å². The van der Waals surface area contributed by atoms with Crippen molar-refractivity contribution < 1.29 is 4.74 Å². The van der Waals surface area contributed by atoms with Gasteiger partial charge in [-0.05, 0) is 118 Å². The van der Waals surface area contributed by atoms with E-state index in [0.717, 1.165) is 47.8 Å². The van der Waals surface area contributed by atoms with Gasteiger partial charge in [0.1, 0.15) is 0 Å². The van der Waals surface area contributed by atoms with Crippen LogP contribution in [0.2, 0.25) is 0 Å². The zero-order chi connectivity index (χ0) is 16.6. The summed E-state index contributed by atoms with van der Waals surface area (Å²) < 4.78 is 5.98. The quantitative estimate of drug-likeness (QED) is 0.483. The monoisotopic (exact) mass is 341 g/mol. The summed E-state index contributed by atoms with van der Waals surface area (Å²) in [7, 11) is 1.90. The van der Waals surface area contributed by atoms with Crippen molar-refractivity contribution in [1.82, 2.24) is 0 Å². The molecule has 0 amide bonds. The van der Waals surface area contributed by atoms with E-state index in [1.54, 1.807) is 0 Å². The molecular weight excluding hydrogens is 306 g/mol. The van der Waals surface area contributed by atoms with Crippen molar-refractivity contribution >= 4 is 5.90 Å². The lowest BCUT2D eigenvalue weighted by atomic mass is 9.49. The summed E-state index contributed by atoms with van der Waals surface area (Å²) in [4.78, 5) is 5.46. The van der Waals surface area contributed by atoms with E-state index in [1.807, 2.05) is 7.11 Å². The first-order valence-corrected chi connectivity index (χ1v) is 11.2. The lowest BCUT2D eigenvalue weighted by molar-refractivity contribution is -0.0508. The molecule has 0 aromatic carbocycles. The third-order valence-corrected chi connectivity index (χ3v) is 9.29. The van der Waals surface area contributed by atoms with Crippen LogP contribution in [0.5, 0.6) is 0 Å². The summed E-state index contributed by atoms with van der Waals surface area (Å²) in [6.45, 7) is 0. The minimum Gasteiger partial charge on any atom is -0.484 e. The lowest BCUT2D eigenvalue weighted by Crippen LogP contribution is -2.50. The minimum atomic E-state index is 0.280. The van der Waals surface area contributed by atoms with Gasteiger partial charge in [0.2, 0.25) is 0 Å². The van der Waals surface area contributed by atoms with Gasteiger partial charge in [0.15, 0.2) is 5.90 Å². The summed E-state index contributed by atoms with van der Waals surface area (Å²) in [5.41, 5.74) is 0.842. The number of hydrogen-bond acceptors (Lipinski definition) is 2. The molecule has 0 aromatic rings. The maximum atomic E-state index is 5.98. The van der Waals surface area contributed by atoms with Crippen LogP contribution in [0.4, 0.5) is 0 Å². The number of nitrogens with zero attached hydrogens (tertiary/aromatic N) is 1. The van der Waals surface area contributed by atoms with E-state index in [9.17, 15) is 0 Å². The van der Waals surface area contributed by atoms with Crippen molar-refractivity contribution in [1.29, 1.82) is 0 Å². The van der Waals surface area contributed by atoms with Crippen LogP contribution in [-0.2, 0) is 4.74 Å². The van der Waals surface area contributed by atoms with Crippen molar-refractivity contribution in [2.24, 2.45) is 45.9 Å². The highest BCUT2D eigenvalue weighted by Gasteiger charge is 2.53. The van der Waals surface area contributed by atoms with E-state index in [2.05, 4.69) is 0 Å². The number of ether oxygens (including phenoxy) is 1. The second-order valence-corrected chi connectivity index (χ2v) is 11.4. The maximum absolute atomic E-state index is 5.98. The largest absolute Gasteiger partial charge is 0.484 e. The van der Waals surface area contributed by atoms with Crippen molar-refractivity contribution in [2.45, 2.75) is 89.0 Å². The smallest absolute Gasteiger partial charge is 0.183 e. The highest BCUT2D eigenvalue weighted by atomic mass is 16.5. The van der Waals surface area contributed by atoms with Crippen molar-refractivity contribution in [2.75, 3.05) is 7.11 Å². The Morgan fingerprint density at radius 3 is 1.52 bits per heavy atom. The molecule has 8 aliphatic carbocycles. The Balaban J connectivity index is 1.26. The Labute approximate surface area is 153 Å². The van der Waals surface area contributed by atoms with Gasteiger partial charge in [-0.25, -0.2) is 4.99 Å². The maximum Gasteiger partial charge on any atom is 0.183 e. The molecule has 8 saturated carbocycles. The van der Waals surface area contributed by atoms with Crippen molar-refractivity contribution in [3.05, 3.63) is 0 Å². The van der Waals surface area contributed by atoms with Gasteiger partial charge in [0.25, 0.3) is 0 Å². The summed E-state index contributed by atoms with van der Waals surface area (Å²) in [5, 5.41) is 0. The van der Waals surface area contributed by atoms with Gasteiger partial charge in [0, 0.05) is 6.42 Å². The molecule has 0 N–H and O–H groups in total. The number of rotatable bonds is 3. The Kier molecular flexibility index (Phi) is 3.26. The fourth-order valence-electron chi connectivity index (χ4n) is 9.45. The molecule has 2 heteroatoms. The predicted octanol–water partition coefficient (Wildman–Crippen LogP) is 5.61. The Morgan fingerprint density at radius 1 is 0.720 bits per heavy atom. The van der Waals surface area contributed by atoms with Gasteiger partial charge < -0.3 is 4.74 Å². The summed E-state index contributed by atoms with van der Waals surface area (Å²) >= 11 is 0. The van der Waals surface area contributed by atoms with E-state index in [-0.39, 0.29) is 5.54 Å². The number of methoxy groups -OCH3 is 1.